The van der Waals surface area contributed by atoms with E-state index in [9.17, 15) is 4.79 Å². The van der Waals surface area contributed by atoms with E-state index in [1.165, 1.54) is 40.3 Å². The van der Waals surface area contributed by atoms with Crippen molar-refractivity contribution >= 4 is 34.7 Å². The molecule has 148 valence electrons. The molecule has 0 saturated heterocycles. The number of halogens is 1. The molecular formula is C18H13ClN10O. The van der Waals surface area contributed by atoms with E-state index >= 15 is 0 Å². The number of hydrogen-bond donors (Lipinski definition) is 2. The van der Waals surface area contributed by atoms with Crippen molar-refractivity contribution in [3.05, 3.63) is 70.7 Å². The molecule has 0 atom stereocenters. The highest BCUT2D eigenvalue weighted by Crippen LogP contribution is 2.25. The van der Waals surface area contributed by atoms with E-state index < -0.39 is 5.91 Å². The fourth-order valence-electron chi connectivity index (χ4n) is 2.70. The van der Waals surface area contributed by atoms with Crippen molar-refractivity contribution < 1.29 is 4.79 Å². The van der Waals surface area contributed by atoms with Crippen LogP contribution >= 0.6 is 11.6 Å². The Bertz CT molecular complexity index is 1290. The van der Waals surface area contributed by atoms with Gasteiger partial charge in [0.25, 0.3) is 5.91 Å². The summed E-state index contributed by atoms with van der Waals surface area (Å²) in [7, 11) is 0. The second-order valence-electron chi connectivity index (χ2n) is 6.04. The largest absolute Gasteiger partial charge is 0.382 e. The van der Waals surface area contributed by atoms with E-state index in [2.05, 4.69) is 35.4 Å². The number of carbonyl (C=O) groups is 1. The van der Waals surface area contributed by atoms with Crippen molar-refractivity contribution in [2.24, 2.45) is 0 Å². The number of carbonyl (C=O) groups excluding carboxylic acids is 1. The van der Waals surface area contributed by atoms with Gasteiger partial charge in [-0.05, 0) is 25.1 Å². The van der Waals surface area contributed by atoms with E-state index in [0.717, 1.165) is 0 Å². The Kier molecular flexibility index (Phi) is 4.83. The third-order valence-electron chi connectivity index (χ3n) is 4.16. The minimum Gasteiger partial charge on any atom is -0.382 e. The van der Waals surface area contributed by atoms with E-state index in [4.69, 9.17) is 23.9 Å². The number of nitrogens with two attached hydrogens (primary N) is 1. The van der Waals surface area contributed by atoms with Crippen LogP contribution in [0, 0.1) is 13.5 Å². The topological polar surface area (TPSA) is 134 Å². The highest BCUT2D eigenvalue weighted by atomic mass is 35.5. The first-order chi connectivity index (χ1) is 14.5. The van der Waals surface area contributed by atoms with Crippen LogP contribution in [0.2, 0.25) is 5.02 Å². The molecule has 4 aromatic heterocycles. The van der Waals surface area contributed by atoms with Gasteiger partial charge in [0.1, 0.15) is 5.82 Å². The molecular weight excluding hydrogens is 408 g/mol. The smallest absolute Gasteiger partial charge is 0.259 e. The molecule has 4 rings (SSSR count). The van der Waals surface area contributed by atoms with Gasteiger partial charge in [-0.1, -0.05) is 11.6 Å². The van der Waals surface area contributed by atoms with Crippen LogP contribution in [0.25, 0.3) is 16.5 Å². The van der Waals surface area contributed by atoms with E-state index in [1.807, 2.05) is 0 Å². The van der Waals surface area contributed by atoms with Crippen LogP contribution in [0.5, 0.6) is 0 Å². The molecule has 0 aliphatic rings. The van der Waals surface area contributed by atoms with E-state index in [1.54, 1.807) is 19.1 Å². The normalized spacial score (nSPS) is 10.6. The Morgan fingerprint density at radius 1 is 1.23 bits per heavy atom. The third kappa shape index (κ3) is 3.43. The lowest BCUT2D eigenvalue weighted by atomic mass is 10.2. The van der Waals surface area contributed by atoms with Crippen LogP contribution in [0.4, 0.5) is 17.2 Å². The van der Waals surface area contributed by atoms with E-state index in [0.29, 0.717) is 27.8 Å². The third-order valence-corrected chi connectivity index (χ3v) is 4.48. The van der Waals surface area contributed by atoms with Crippen molar-refractivity contribution in [3.63, 3.8) is 0 Å². The SMILES string of the molecule is [C-]#[N+]c1cc(NC(=O)c2cnn(-c3ccc(Cl)c(N)n3)c2C)cnc1-n1nccn1. The number of amides is 1. The first-order valence-electron chi connectivity index (χ1n) is 8.50. The predicted octanol–water partition coefficient (Wildman–Crippen LogP) is 2.59. The van der Waals surface area contributed by atoms with Gasteiger partial charge in [0.15, 0.2) is 11.6 Å². The summed E-state index contributed by atoms with van der Waals surface area (Å²) < 4.78 is 1.48. The molecule has 0 spiro atoms. The minimum absolute atomic E-state index is 0.166. The molecule has 3 N–H and O–H groups in total. The van der Waals surface area contributed by atoms with Gasteiger partial charge >= 0.3 is 0 Å². The molecule has 0 aromatic carbocycles. The summed E-state index contributed by atoms with van der Waals surface area (Å²) in [6.07, 6.45) is 5.80. The maximum absolute atomic E-state index is 12.7. The number of rotatable bonds is 4. The quantitative estimate of drug-likeness (QED) is 0.484. The zero-order chi connectivity index (χ0) is 21.3. The van der Waals surface area contributed by atoms with Crippen LogP contribution in [0.15, 0.2) is 43.0 Å². The summed E-state index contributed by atoms with van der Waals surface area (Å²) in [5.74, 6) is 0.452. The molecule has 0 aliphatic carbocycles. The molecule has 4 heterocycles. The van der Waals surface area contributed by atoms with Gasteiger partial charge in [0.2, 0.25) is 5.69 Å². The molecule has 30 heavy (non-hydrogen) atoms. The lowest BCUT2D eigenvalue weighted by Gasteiger charge is -2.08. The summed E-state index contributed by atoms with van der Waals surface area (Å²) in [6, 6.07) is 4.75. The lowest BCUT2D eigenvalue weighted by Crippen LogP contribution is -2.14. The summed E-state index contributed by atoms with van der Waals surface area (Å²) in [5, 5.41) is 15.2. The van der Waals surface area contributed by atoms with Crippen molar-refractivity contribution in [3.8, 4) is 11.6 Å². The lowest BCUT2D eigenvalue weighted by molar-refractivity contribution is 0.102. The molecule has 0 radical (unpaired) electrons. The predicted molar refractivity (Wildman–Crippen MR) is 109 cm³/mol. The van der Waals surface area contributed by atoms with Gasteiger partial charge in [-0.3, -0.25) is 4.79 Å². The number of nitrogen functional groups attached to an aromatic ring is 1. The van der Waals surface area contributed by atoms with Gasteiger partial charge in [-0.15, -0.1) is 4.80 Å². The van der Waals surface area contributed by atoms with E-state index in [-0.39, 0.29) is 17.3 Å². The minimum atomic E-state index is -0.414. The molecule has 0 aliphatic heterocycles. The first kappa shape index (κ1) is 19.0. The van der Waals surface area contributed by atoms with Gasteiger partial charge in [-0.2, -0.15) is 15.3 Å². The molecule has 12 heteroatoms. The summed E-state index contributed by atoms with van der Waals surface area (Å²) >= 11 is 5.90. The number of pyridine rings is 2. The number of aromatic nitrogens is 7. The average molecular weight is 421 g/mol. The highest BCUT2D eigenvalue weighted by molar-refractivity contribution is 6.32. The fourth-order valence-corrected chi connectivity index (χ4v) is 2.81. The molecule has 11 nitrogen and oxygen atoms in total. The van der Waals surface area contributed by atoms with Crippen LogP contribution in [-0.2, 0) is 0 Å². The zero-order valence-corrected chi connectivity index (χ0v) is 16.2. The standard InChI is InChI=1S/C18H13ClN10O/c1-10-12(9-25-28(10)15-4-3-13(19)16(20)27-15)18(30)26-11-7-14(21-2)17(22-8-11)29-23-5-6-24-29/h3-9H,1H3,(H2,20,27)(H,26,30). The van der Waals surface area contributed by atoms with Crippen molar-refractivity contribution in [1.82, 2.24) is 34.7 Å². The Labute approximate surface area is 174 Å². The zero-order valence-electron chi connectivity index (χ0n) is 15.5. The Hall–Kier alpha value is -4.30. The van der Waals surface area contributed by atoms with Crippen molar-refractivity contribution in [2.45, 2.75) is 6.92 Å². The maximum Gasteiger partial charge on any atom is 0.259 e. The van der Waals surface area contributed by atoms with Gasteiger partial charge in [0.05, 0.1) is 47.6 Å². The molecule has 0 bridgehead atoms. The maximum atomic E-state index is 12.7. The summed E-state index contributed by atoms with van der Waals surface area (Å²) in [5.41, 5.74) is 7.17. The van der Waals surface area contributed by atoms with Crippen molar-refractivity contribution in [1.29, 1.82) is 0 Å². The van der Waals surface area contributed by atoms with Crippen LogP contribution < -0.4 is 11.1 Å². The van der Waals surface area contributed by atoms with Crippen LogP contribution in [0.1, 0.15) is 16.1 Å². The average Bonchev–Trinajstić information content (AvgIpc) is 3.40. The summed E-state index contributed by atoms with van der Waals surface area (Å²) in [4.78, 5) is 25.8. The summed E-state index contributed by atoms with van der Waals surface area (Å²) in [6.45, 7) is 9.08. The number of anilines is 2. The van der Waals surface area contributed by atoms with Crippen LogP contribution in [0.3, 0.4) is 0 Å². The van der Waals surface area contributed by atoms with Crippen LogP contribution in [-0.4, -0.2) is 40.6 Å². The monoisotopic (exact) mass is 420 g/mol. The Morgan fingerprint density at radius 3 is 2.70 bits per heavy atom. The molecule has 0 fully saturated rings. The van der Waals surface area contributed by atoms with Gasteiger partial charge in [-0.25, -0.2) is 19.5 Å². The van der Waals surface area contributed by atoms with Gasteiger partial charge < -0.3 is 11.1 Å². The number of nitrogens with one attached hydrogen (secondary N) is 1. The molecule has 0 unspecified atom stereocenters. The van der Waals surface area contributed by atoms with Crippen molar-refractivity contribution in [2.75, 3.05) is 11.1 Å². The molecule has 0 saturated carbocycles. The van der Waals surface area contributed by atoms with Gasteiger partial charge in [0, 0.05) is 5.69 Å². The number of hydrogen-bond acceptors (Lipinski definition) is 7. The molecule has 1 amide bonds. The second kappa shape index (κ2) is 7.61. The Morgan fingerprint density at radius 2 is 2.00 bits per heavy atom. The fraction of sp³-hybridized carbons (Fsp3) is 0.0556. The number of nitrogens with zero attached hydrogens (tertiary/aromatic N) is 8. The second-order valence-corrected chi connectivity index (χ2v) is 6.45. The Balaban J connectivity index is 1.60. The first-order valence-corrected chi connectivity index (χ1v) is 8.88. The molecule has 4 aromatic rings. The highest BCUT2D eigenvalue weighted by Gasteiger charge is 2.18.